The summed E-state index contributed by atoms with van der Waals surface area (Å²) >= 11 is 12.4. The fourth-order valence-corrected chi connectivity index (χ4v) is 2.92. The molecule has 3 N–H and O–H groups in total. The van der Waals surface area contributed by atoms with Crippen molar-refractivity contribution in [3.8, 4) is 17.6 Å². The number of nitrogens with two attached hydrogens (primary N) is 1. The zero-order chi connectivity index (χ0) is 15.9. The number of benzene rings is 2. The third-order valence-corrected chi connectivity index (χ3v) is 4.33. The number of halogens is 2. The molecule has 0 aromatic heterocycles. The first kappa shape index (κ1) is 14.6. The Balaban J connectivity index is 2.29. The van der Waals surface area contributed by atoms with Gasteiger partial charge in [-0.3, -0.25) is 0 Å². The Morgan fingerprint density at radius 3 is 2.68 bits per heavy atom. The van der Waals surface area contributed by atoms with Crippen molar-refractivity contribution in [1.82, 2.24) is 0 Å². The number of nitrogens with zero attached hydrogens (tertiary/aromatic N) is 1. The van der Waals surface area contributed by atoms with Gasteiger partial charge in [-0.15, -0.1) is 0 Å². The molecule has 0 saturated heterocycles. The molecule has 0 radical (unpaired) electrons. The van der Waals surface area contributed by atoms with Crippen LogP contribution in [0.3, 0.4) is 0 Å². The third kappa shape index (κ3) is 2.25. The maximum Gasteiger partial charge on any atom is 0.205 e. The number of ether oxygens (including phenoxy) is 1. The third-order valence-electron chi connectivity index (χ3n) is 3.50. The van der Waals surface area contributed by atoms with Gasteiger partial charge in [0.2, 0.25) is 5.88 Å². The number of fused-ring (bicyclic) bond motifs is 1. The predicted octanol–water partition coefficient (Wildman–Crippen LogP) is 3.92. The predicted molar refractivity (Wildman–Crippen MR) is 83.9 cm³/mol. The SMILES string of the molecule is N#CC1=C(N)Oc2cc(O)ccc2[C@@H]1c1cccc(Cl)c1Cl. The highest BCUT2D eigenvalue weighted by Gasteiger charge is 2.32. The number of allylic oxidation sites excluding steroid dienone is 1. The number of phenolic OH excluding ortho intramolecular Hbond substituents is 1. The highest BCUT2D eigenvalue weighted by molar-refractivity contribution is 6.42. The van der Waals surface area contributed by atoms with E-state index in [1.807, 2.05) is 0 Å². The van der Waals surface area contributed by atoms with Crippen molar-refractivity contribution in [2.75, 3.05) is 0 Å². The molecule has 1 aliphatic heterocycles. The Morgan fingerprint density at radius 2 is 1.95 bits per heavy atom. The molecule has 2 aromatic carbocycles. The smallest absolute Gasteiger partial charge is 0.205 e. The monoisotopic (exact) mass is 332 g/mol. The van der Waals surface area contributed by atoms with Crippen LogP contribution in [0, 0.1) is 11.3 Å². The topological polar surface area (TPSA) is 79.3 Å². The van der Waals surface area contributed by atoms with Crippen molar-refractivity contribution in [3.63, 3.8) is 0 Å². The van der Waals surface area contributed by atoms with E-state index < -0.39 is 5.92 Å². The molecule has 1 heterocycles. The second kappa shape index (κ2) is 5.45. The van der Waals surface area contributed by atoms with Gasteiger partial charge in [0.25, 0.3) is 0 Å². The molecule has 0 spiro atoms. The highest BCUT2D eigenvalue weighted by atomic mass is 35.5. The van der Waals surface area contributed by atoms with E-state index in [1.54, 1.807) is 24.3 Å². The Bertz CT molecular complexity index is 841. The normalized spacial score (nSPS) is 16.7. The Hall–Kier alpha value is -2.35. The fraction of sp³-hybridized carbons (Fsp3) is 0.0625. The lowest BCUT2D eigenvalue weighted by Crippen LogP contribution is -2.21. The van der Waals surface area contributed by atoms with E-state index >= 15 is 0 Å². The van der Waals surface area contributed by atoms with Gasteiger partial charge in [-0.1, -0.05) is 41.4 Å². The van der Waals surface area contributed by atoms with Crippen LogP contribution in [0.15, 0.2) is 47.9 Å². The maximum absolute atomic E-state index is 9.60. The molecular weight excluding hydrogens is 323 g/mol. The van der Waals surface area contributed by atoms with Crippen molar-refractivity contribution >= 4 is 23.2 Å². The Labute approximate surface area is 136 Å². The molecule has 0 amide bonds. The van der Waals surface area contributed by atoms with E-state index in [2.05, 4.69) is 6.07 Å². The summed E-state index contributed by atoms with van der Waals surface area (Å²) < 4.78 is 5.44. The molecule has 2 aromatic rings. The summed E-state index contributed by atoms with van der Waals surface area (Å²) in [6, 6.07) is 11.9. The molecule has 0 fully saturated rings. The minimum atomic E-state index is -0.499. The van der Waals surface area contributed by atoms with Crippen LogP contribution in [0.2, 0.25) is 10.0 Å². The molecule has 6 heteroatoms. The summed E-state index contributed by atoms with van der Waals surface area (Å²) in [4.78, 5) is 0. The zero-order valence-electron chi connectivity index (χ0n) is 11.2. The first-order valence-corrected chi connectivity index (χ1v) is 7.13. The van der Waals surface area contributed by atoms with E-state index in [0.717, 1.165) is 0 Å². The van der Waals surface area contributed by atoms with E-state index in [0.29, 0.717) is 26.9 Å². The number of rotatable bonds is 1. The molecule has 1 atom stereocenters. The van der Waals surface area contributed by atoms with Gasteiger partial charge in [0.1, 0.15) is 23.1 Å². The van der Waals surface area contributed by atoms with E-state index in [-0.39, 0.29) is 17.2 Å². The van der Waals surface area contributed by atoms with Gasteiger partial charge in [-0.2, -0.15) is 5.26 Å². The summed E-state index contributed by atoms with van der Waals surface area (Å²) in [5, 5.41) is 19.8. The van der Waals surface area contributed by atoms with Crippen LogP contribution < -0.4 is 10.5 Å². The lowest BCUT2D eigenvalue weighted by Gasteiger charge is -2.27. The van der Waals surface area contributed by atoms with Crippen molar-refractivity contribution in [2.24, 2.45) is 5.73 Å². The summed E-state index contributed by atoms with van der Waals surface area (Å²) in [6.45, 7) is 0. The first-order chi connectivity index (χ1) is 10.5. The van der Waals surface area contributed by atoms with E-state index in [9.17, 15) is 10.4 Å². The number of hydrogen-bond acceptors (Lipinski definition) is 4. The fourth-order valence-electron chi connectivity index (χ4n) is 2.51. The van der Waals surface area contributed by atoms with Gasteiger partial charge in [0, 0.05) is 11.6 Å². The van der Waals surface area contributed by atoms with Crippen LogP contribution >= 0.6 is 23.2 Å². The van der Waals surface area contributed by atoms with Gasteiger partial charge >= 0.3 is 0 Å². The van der Waals surface area contributed by atoms with Crippen molar-refractivity contribution in [3.05, 3.63) is 69.0 Å². The van der Waals surface area contributed by atoms with Gasteiger partial charge in [-0.05, 0) is 17.7 Å². The number of nitriles is 1. The quantitative estimate of drug-likeness (QED) is 0.829. The first-order valence-electron chi connectivity index (χ1n) is 6.37. The molecule has 0 saturated carbocycles. The molecule has 0 aliphatic carbocycles. The Kier molecular flexibility index (Phi) is 3.61. The van der Waals surface area contributed by atoms with Gasteiger partial charge in [-0.25, -0.2) is 0 Å². The molecule has 0 bridgehead atoms. The maximum atomic E-state index is 9.60. The number of hydrogen-bond donors (Lipinski definition) is 2. The second-order valence-corrected chi connectivity index (χ2v) is 5.58. The van der Waals surface area contributed by atoms with Gasteiger partial charge in [0.15, 0.2) is 0 Å². The van der Waals surface area contributed by atoms with Crippen molar-refractivity contribution < 1.29 is 9.84 Å². The molecule has 22 heavy (non-hydrogen) atoms. The molecular formula is C16H10Cl2N2O2. The largest absolute Gasteiger partial charge is 0.508 e. The van der Waals surface area contributed by atoms with Gasteiger partial charge in [0.05, 0.1) is 16.0 Å². The molecule has 4 nitrogen and oxygen atoms in total. The average molecular weight is 333 g/mol. The number of phenols is 1. The second-order valence-electron chi connectivity index (χ2n) is 4.79. The Morgan fingerprint density at radius 1 is 1.18 bits per heavy atom. The van der Waals surface area contributed by atoms with Crippen LogP contribution in [0.4, 0.5) is 0 Å². The minimum absolute atomic E-state index is 0.0124. The van der Waals surface area contributed by atoms with E-state index in [1.165, 1.54) is 12.1 Å². The summed E-state index contributed by atoms with van der Waals surface area (Å²) in [6.07, 6.45) is 0. The molecule has 0 unspecified atom stereocenters. The van der Waals surface area contributed by atoms with Crippen LogP contribution in [-0.2, 0) is 0 Å². The zero-order valence-corrected chi connectivity index (χ0v) is 12.7. The molecule has 3 rings (SSSR count). The lowest BCUT2D eigenvalue weighted by molar-refractivity contribution is 0.388. The van der Waals surface area contributed by atoms with Gasteiger partial charge < -0.3 is 15.6 Å². The van der Waals surface area contributed by atoms with Crippen LogP contribution in [0.25, 0.3) is 0 Å². The summed E-state index contributed by atoms with van der Waals surface area (Å²) in [5.41, 5.74) is 7.44. The number of aromatic hydroxyl groups is 1. The van der Waals surface area contributed by atoms with Crippen LogP contribution in [0.1, 0.15) is 17.0 Å². The molecule has 1 aliphatic rings. The summed E-state index contributed by atoms with van der Waals surface area (Å²) in [7, 11) is 0. The highest BCUT2D eigenvalue weighted by Crippen LogP contribution is 2.46. The lowest BCUT2D eigenvalue weighted by atomic mass is 9.83. The minimum Gasteiger partial charge on any atom is -0.508 e. The van der Waals surface area contributed by atoms with Crippen molar-refractivity contribution in [2.45, 2.75) is 5.92 Å². The van der Waals surface area contributed by atoms with Crippen molar-refractivity contribution in [1.29, 1.82) is 5.26 Å². The standard InChI is InChI=1S/C16H10Cl2N2O2/c17-12-3-1-2-10(15(12)18)14-9-5-4-8(21)6-13(9)22-16(20)11(14)7-19/h1-6,14,21H,20H2/t14-/m1/s1. The van der Waals surface area contributed by atoms with E-state index in [4.69, 9.17) is 33.7 Å². The summed E-state index contributed by atoms with van der Waals surface area (Å²) in [5.74, 6) is -0.0809. The van der Waals surface area contributed by atoms with Crippen LogP contribution in [-0.4, -0.2) is 5.11 Å². The average Bonchev–Trinajstić information content (AvgIpc) is 2.48. The molecule has 110 valence electrons. The van der Waals surface area contributed by atoms with Crippen LogP contribution in [0.5, 0.6) is 11.5 Å².